The molecule has 1 aromatic carbocycles. The van der Waals surface area contributed by atoms with Gasteiger partial charge in [-0.2, -0.15) is 13.2 Å². The average molecular weight is 345 g/mol. The fraction of sp³-hybridized carbons (Fsp3) is 0.364. The van der Waals surface area contributed by atoms with Crippen molar-refractivity contribution in [3.05, 3.63) is 28.8 Å². The van der Waals surface area contributed by atoms with Crippen LogP contribution in [0.1, 0.15) is 5.56 Å². The van der Waals surface area contributed by atoms with Crippen molar-refractivity contribution in [2.75, 3.05) is 20.6 Å². The minimum atomic E-state index is -4.70. The van der Waals surface area contributed by atoms with Crippen LogP contribution in [0.15, 0.2) is 23.1 Å². The molecule has 21 heavy (non-hydrogen) atoms. The quantitative estimate of drug-likeness (QED) is 0.904. The molecule has 0 aliphatic heterocycles. The maximum absolute atomic E-state index is 12.6. The zero-order chi connectivity index (χ0) is 16.4. The molecular formula is C11H12ClF3N2O3S. The number of hydrogen-bond acceptors (Lipinski definition) is 3. The van der Waals surface area contributed by atoms with Gasteiger partial charge in [-0.15, -0.1) is 0 Å². The number of rotatable bonds is 4. The summed E-state index contributed by atoms with van der Waals surface area (Å²) in [5.41, 5.74) is -1.15. The fourth-order valence-electron chi connectivity index (χ4n) is 1.28. The van der Waals surface area contributed by atoms with Crippen LogP contribution in [0.5, 0.6) is 0 Å². The Bertz CT molecular complexity index is 645. The summed E-state index contributed by atoms with van der Waals surface area (Å²) in [5.74, 6) is -0.554. The number of carbonyl (C=O) groups excluding carboxylic acids is 1. The molecular weight excluding hydrogens is 333 g/mol. The molecule has 1 rings (SSSR count). The van der Waals surface area contributed by atoms with E-state index in [4.69, 9.17) is 11.6 Å². The second kappa shape index (κ2) is 6.20. The number of hydrogen-bond donors (Lipinski definition) is 1. The number of amides is 1. The van der Waals surface area contributed by atoms with Gasteiger partial charge in [-0.1, -0.05) is 11.6 Å². The first-order valence-corrected chi connectivity index (χ1v) is 7.38. The Morgan fingerprint density at radius 3 is 2.38 bits per heavy atom. The third-order valence-corrected chi connectivity index (χ3v) is 4.34. The molecule has 0 aromatic heterocycles. The van der Waals surface area contributed by atoms with Crippen molar-refractivity contribution in [1.29, 1.82) is 0 Å². The van der Waals surface area contributed by atoms with Gasteiger partial charge < -0.3 is 4.90 Å². The van der Waals surface area contributed by atoms with Gasteiger partial charge in [0.2, 0.25) is 15.9 Å². The van der Waals surface area contributed by atoms with E-state index in [0.29, 0.717) is 12.1 Å². The molecule has 118 valence electrons. The van der Waals surface area contributed by atoms with Gasteiger partial charge in [-0.25, -0.2) is 13.1 Å². The fourth-order valence-corrected chi connectivity index (χ4v) is 2.78. The van der Waals surface area contributed by atoms with Crippen LogP contribution in [0.2, 0.25) is 5.02 Å². The van der Waals surface area contributed by atoms with Crippen LogP contribution in [0.3, 0.4) is 0 Å². The molecule has 0 aliphatic carbocycles. The Balaban J connectivity index is 3.11. The number of nitrogens with zero attached hydrogens (tertiary/aromatic N) is 1. The minimum Gasteiger partial charge on any atom is -0.348 e. The summed E-state index contributed by atoms with van der Waals surface area (Å²) in [4.78, 5) is 11.7. The number of benzene rings is 1. The van der Waals surface area contributed by atoms with Crippen LogP contribution in [0.25, 0.3) is 0 Å². The van der Waals surface area contributed by atoms with Gasteiger partial charge in [0, 0.05) is 14.1 Å². The maximum atomic E-state index is 12.6. The first kappa shape index (κ1) is 17.7. The highest BCUT2D eigenvalue weighted by Crippen LogP contribution is 2.33. The van der Waals surface area contributed by atoms with E-state index in [2.05, 4.69) is 0 Å². The van der Waals surface area contributed by atoms with Crippen molar-refractivity contribution in [1.82, 2.24) is 9.62 Å². The molecule has 1 amide bonds. The SMILES string of the molecule is CN(C)C(=O)CNS(=O)(=O)c1cc(C(F)(F)F)ccc1Cl. The molecule has 0 heterocycles. The van der Waals surface area contributed by atoms with Gasteiger partial charge in [0.05, 0.1) is 17.1 Å². The van der Waals surface area contributed by atoms with E-state index in [1.807, 2.05) is 4.72 Å². The third kappa shape index (κ3) is 4.58. The zero-order valence-electron chi connectivity index (χ0n) is 11.0. The van der Waals surface area contributed by atoms with Gasteiger partial charge in [-0.05, 0) is 18.2 Å². The Hall–Kier alpha value is -1.32. The smallest absolute Gasteiger partial charge is 0.348 e. The van der Waals surface area contributed by atoms with E-state index >= 15 is 0 Å². The number of alkyl halides is 3. The summed E-state index contributed by atoms with van der Waals surface area (Å²) in [6, 6.07) is 1.93. The molecule has 1 aromatic rings. The highest BCUT2D eigenvalue weighted by molar-refractivity contribution is 7.89. The lowest BCUT2D eigenvalue weighted by atomic mass is 10.2. The maximum Gasteiger partial charge on any atom is 0.416 e. The number of carbonyl (C=O) groups is 1. The molecule has 0 saturated carbocycles. The van der Waals surface area contributed by atoms with Crippen molar-refractivity contribution >= 4 is 27.5 Å². The second-order valence-corrected chi connectivity index (χ2v) is 6.40. The first-order valence-electron chi connectivity index (χ1n) is 5.51. The lowest BCUT2D eigenvalue weighted by Crippen LogP contribution is -2.36. The Morgan fingerprint density at radius 2 is 1.90 bits per heavy atom. The normalized spacial score (nSPS) is 12.3. The lowest BCUT2D eigenvalue weighted by Gasteiger charge is -2.13. The third-order valence-electron chi connectivity index (χ3n) is 2.46. The molecule has 0 saturated heterocycles. The standard InChI is InChI=1S/C11H12ClF3N2O3S/c1-17(2)10(18)6-16-21(19,20)9-5-7(11(13,14)15)3-4-8(9)12/h3-5,16H,6H2,1-2H3. The summed E-state index contributed by atoms with van der Waals surface area (Å²) < 4.78 is 63.5. The minimum absolute atomic E-state index is 0.368. The van der Waals surface area contributed by atoms with E-state index in [-0.39, 0.29) is 5.02 Å². The number of sulfonamides is 1. The van der Waals surface area contributed by atoms with Gasteiger partial charge >= 0.3 is 6.18 Å². The molecule has 0 aliphatic rings. The highest BCUT2D eigenvalue weighted by Gasteiger charge is 2.32. The van der Waals surface area contributed by atoms with E-state index in [0.717, 1.165) is 11.0 Å². The van der Waals surface area contributed by atoms with Gasteiger partial charge in [-0.3, -0.25) is 4.79 Å². The Kier molecular flexibility index (Phi) is 5.24. The predicted molar refractivity (Wildman–Crippen MR) is 70.3 cm³/mol. The first-order chi connectivity index (χ1) is 9.45. The van der Waals surface area contributed by atoms with E-state index in [1.54, 1.807) is 0 Å². The summed E-state index contributed by atoms with van der Waals surface area (Å²) in [6.45, 7) is -0.581. The van der Waals surface area contributed by atoms with Crippen molar-refractivity contribution in [3.8, 4) is 0 Å². The topological polar surface area (TPSA) is 66.5 Å². The van der Waals surface area contributed by atoms with Crippen molar-refractivity contribution < 1.29 is 26.4 Å². The summed E-state index contributed by atoms with van der Waals surface area (Å²) in [5, 5.41) is -0.368. The van der Waals surface area contributed by atoms with Crippen LogP contribution in [-0.4, -0.2) is 39.9 Å². The zero-order valence-corrected chi connectivity index (χ0v) is 12.6. The number of nitrogens with one attached hydrogen (secondary N) is 1. The molecule has 5 nitrogen and oxygen atoms in total. The van der Waals surface area contributed by atoms with Crippen LogP contribution in [0.4, 0.5) is 13.2 Å². The van der Waals surface area contributed by atoms with Crippen LogP contribution < -0.4 is 4.72 Å². The monoisotopic (exact) mass is 344 g/mol. The molecule has 0 unspecified atom stereocenters. The second-order valence-electron chi connectivity index (χ2n) is 4.26. The van der Waals surface area contributed by atoms with E-state index in [9.17, 15) is 26.4 Å². The summed E-state index contributed by atoms with van der Waals surface area (Å²) in [6.07, 6.45) is -4.70. The number of likely N-dealkylation sites (N-methyl/N-ethyl adjacent to an activating group) is 1. The average Bonchev–Trinajstić information content (AvgIpc) is 2.34. The van der Waals surface area contributed by atoms with Crippen molar-refractivity contribution in [2.45, 2.75) is 11.1 Å². The van der Waals surface area contributed by atoms with Gasteiger partial charge in [0.1, 0.15) is 4.90 Å². The molecule has 1 N–H and O–H groups in total. The van der Waals surface area contributed by atoms with Crippen molar-refractivity contribution in [3.63, 3.8) is 0 Å². The predicted octanol–water partition coefficient (Wildman–Crippen LogP) is 1.73. The molecule has 0 bridgehead atoms. The van der Waals surface area contributed by atoms with E-state index < -0.39 is 39.1 Å². The Labute approximate surface area is 124 Å². The largest absolute Gasteiger partial charge is 0.416 e. The summed E-state index contributed by atoms with van der Waals surface area (Å²) >= 11 is 5.63. The van der Waals surface area contributed by atoms with E-state index in [1.165, 1.54) is 14.1 Å². The van der Waals surface area contributed by atoms with Crippen LogP contribution in [0, 0.1) is 0 Å². The lowest BCUT2D eigenvalue weighted by molar-refractivity contribution is -0.137. The summed E-state index contributed by atoms with van der Waals surface area (Å²) in [7, 11) is -1.51. The highest BCUT2D eigenvalue weighted by atomic mass is 35.5. The molecule has 0 atom stereocenters. The van der Waals surface area contributed by atoms with Gasteiger partial charge in [0.25, 0.3) is 0 Å². The van der Waals surface area contributed by atoms with Crippen LogP contribution in [-0.2, 0) is 21.0 Å². The Morgan fingerprint density at radius 1 is 1.33 bits per heavy atom. The molecule has 0 spiro atoms. The molecule has 0 radical (unpaired) electrons. The van der Waals surface area contributed by atoms with Crippen LogP contribution >= 0.6 is 11.6 Å². The molecule has 10 heteroatoms. The van der Waals surface area contributed by atoms with Gasteiger partial charge in [0.15, 0.2) is 0 Å². The molecule has 0 fully saturated rings. The van der Waals surface area contributed by atoms with Crippen molar-refractivity contribution in [2.24, 2.45) is 0 Å². The number of halogens is 4.